The Hall–Kier alpha value is -2.35. The summed E-state index contributed by atoms with van der Waals surface area (Å²) in [5.74, 6) is -3.73. The number of hydrogen-bond donors (Lipinski definition) is 1. The molecule has 0 spiro atoms. The zero-order valence-corrected chi connectivity index (χ0v) is 14.0. The van der Waals surface area contributed by atoms with Crippen LogP contribution in [0.15, 0.2) is 18.2 Å². The van der Waals surface area contributed by atoms with E-state index in [1.165, 1.54) is 0 Å². The molecule has 2 atom stereocenters. The zero-order chi connectivity index (χ0) is 18.8. The molecule has 2 heterocycles. The Balaban J connectivity index is 1.57. The van der Waals surface area contributed by atoms with Crippen molar-refractivity contribution in [2.75, 3.05) is 13.1 Å². The molecule has 0 saturated carbocycles. The number of benzene rings is 1. The zero-order valence-electron chi connectivity index (χ0n) is 14.0. The number of likely N-dealkylation sites (tertiary alicyclic amines) is 1. The van der Waals surface area contributed by atoms with Gasteiger partial charge in [0.1, 0.15) is 17.7 Å². The van der Waals surface area contributed by atoms with E-state index in [4.69, 9.17) is 9.84 Å². The molecule has 0 radical (unpaired) electrons. The molecule has 2 aliphatic rings. The quantitative estimate of drug-likeness (QED) is 0.823. The van der Waals surface area contributed by atoms with Gasteiger partial charge in [-0.05, 0) is 43.9 Å². The van der Waals surface area contributed by atoms with Crippen molar-refractivity contribution < 1.29 is 33.0 Å². The minimum atomic E-state index is -1.08. The summed E-state index contributed by atoms with van der Waals surface area (Å²) < 4.78 is 32.3. The van der Waals surface area contributed by atoms with Crippen molar-refractivity contribution in [3.8, 4) is 0 Å². The molecule has 140 valence electrons. The maximum absolute atomic E-state index is 13.8. The van der Waals surface area contributed by atoms with Crippen LogP contribution in [-0.4, -0.2) is 53.0 Å². The van der Waals surface area contributed by atoms with Crippen LogP contribution in [0.4, 0.5) is 8.78 Å². The van der Waals surface area contributed by atoms with E-state index in [0.717, 1.165) is 18.2 Å². The predicted octanol–water partition coefficient (Wildman–Crippen LogP) is 2.02. The van der Waals surface area contributed by atoms with Crippen molar-refractivity contribution in [3.05, 3.63) is 35.4 Å². The molecule has 6 nitrogen and oxygen atoms in total. The summed E-state index contributed by atoms with van der Waals surface area (Å²) in [5.41, 5.74) is -0.266. The van der Waals surface area contributed by atoms with E-state index >= 15 is 0 Å². The number of hydrogen-bond acceptors (Lipinski definition) is 4. The van der Waals surface area contributed by atoms with Gasteiger partial charge < -0.3 is 14.7 Å². The van der Waals surface area contributed by atoms with Gasteiger partial charge in [0.15, 0.2) is 11.9 Å². The molecule has 8 heteroatoms. The molecular weight excluding hydrogens is 348 g/mol. The number of piperidine rings is 1. The Kier molecular flexibility index (Phi) is 5.31. The molecule has 1 N–H and O–H groups in total. The standard InChI is InChI=1S/C18H19F2NO5/c19-11-1-2-13(20)12(9-11)16(22)10-5-7-21(8-6-10)17(23)14-3-4-15(26-14)18(24)25/h1-2,9-10,14-15H,3-8H2,(H,24,25)/t14-,15+/m0/s1. The molecule has 1 aromatic rings. The van der Waals surface area contributed by atoms with Crippen LogP contribution in [0.1, 0.15) is 36.0 Å². The molecule has 26 heavy (non-hydrogen) atoms. The first-order valence-electron chi connectivity index (χ1n) is 8.53. The van der Waals surface area contributed by atoms with E-state index in [0.29, 0.717) is 38.8 Å². The van der Waals surface area contributed by atoms with E-state index in [2.05, 4.69) is 0 Å². The van der Waals surface area contributed by atoms with Crippen molar-refractivity contribution in [2.45, 2.75) is 37.9 Å². The van der Waals surface area contributed by atoms with E-state index < -0.39 is 41.5 Å². The number of carboxylic acid groups (broad SMARTS) is 1. The first-order valence-corrected chi connectivity index (χ1v) is 8.53. The Morgan fingerprint density at radius 2 is 1.69 bits per heavy atom. The number of carboxylic acids is 1. The molecule has 0 unspecified atom stereocenters. The molecule has 0 aromatic heterocycles. The fourth-order valence-corrected chi connectivity index (χ4v) is 3.47. The average Bonchev–Trinajstić information content (AvgIpc) is 3.13. The molecule has 1 amide bonds. The third kappa shape index (κ3) is 3.75. The lowest BCUT2D eigenvalue weighted by atomic mass is 9.88. The molecule has 2 saturated heterocycles. The first kappa shape index (κ1) is 18.4. The minimum absolute atomic E-state index is 0.266. The molecule has 2 aliphatic heterocycles. The summed E-state index contributed by atoms with van der Waals surface area (Å²) in [6, 6.07) is 2.78. The summed E-state index contributed by atoms with van der Waals surface area (Å²) in [6.07, 6.45) is -0.406. The Morgan fingerprint density at radius 3 is 2.31 bits per heavy atom. The van der Waals surface area contributed by atoms with Gasteiger partial charge >= 0.3 is 5.97 Å². The van der Waals surface area contributed by atoms with E-state index in [9.17, 15) is 23.2 Å². The Labute approximate surface area is 148 Å². The van der Waals surface area contributed by atoms with E-state index in [1.807, 2.05) is 0 Å². The Morgan fingerprint density at radius 1 is 1.04 bits per heavy atom. The van der Waals surface area contributed by atoms with Gasteiger partial charge in [-0.3, -0.25) is 9.59 Å². The topological polar surface area (TPSA) is 83.9 Å². The number of amides is 1. The summed E-state index contributed by atoms with van der Waals surface area (Å²) in [5, 5.41) is 8.92. The second kappa shape index (κ2) is 7.49. The van der Waals surface area contributed by atoms with Crippen LogP contribution >= 0.6 is 0 Å². The highest BCUT2D eigenvalue weighted by molar-refractivity contribution is 5.98. The number of rotatable bonds is 4. The molecule has 1 aromatic carbocycles. The highest BCUT2D eigenvalue weighted by atomic mass is 19.1. The van der Waals surface area contributed by atoms with Crippen LogP contribution in [0, 0.1) is 17.6 Å². The number of halogens is 2. The number of aliphatic carboxylic acids is 1. The van der Waals surface area contributed by atoms with Gasteiger partial charge in [0.2, 0.25) is 0 Å². The van der Waals surface area contributed by atoms with Gasteiger partial charge in [0.25, 0.3) is 5.91 Å². The third-order valence-corrected chi connectivity index (χ3v) is 4.94. The first-order chi connectivity index (χ1) is 12.4. The van der Waals surface area contributed by atoms with Crippen molar-refractivity contribution in [2.24, 2.45) is 5.92 Å². The normalized spacial score (nSPS) is 23.8. The third-order valence-electron chi connectivity index (χ3n) is 4.94. The Bertz CT molecular complexity index is 730. The highest BCUT2D eigenvalue weighted by Gasteiger charge is 2.38. The maximum Gasteiger partial charge on any atom is 0.332 e. The lowest BCUT2D eigenvalue weighted by Gasteiger charge is -2.32. The van der Waals surface area contributed by atoms with Gasteiger partial charge in [-0.2, -0.15) is 0 Å². The SMILES string of the molecule is O=C(c1cc(F)ccc1F)C1CCN(C(=O)[C@@H]2CC[C@H](C(=O)O)O2)CC1. The lowest BCUT2D eigenvalue weighted by Crippen LogP contribution is -2.45. The van der Waals surface area contributed by atoms with Crippen LogP contribution in [0.25, 0.3) is 0 Å². The summed E-state index contributed by atoms with van der Waals surface area (Å²) in [4.78, 5) is 37.3. The number of nitrogens with zero attached hydrogens (tertiary/aromatic N) is 1. The monoisotopic (exact) mass is 367 g/mol. The van der Waals surface area contributed by atoms with Crippen LogP contribution in [0.3, 0.4) is 0 Å². The van der Waals surface area contributed by atoms with Gasteiger partial charge in [0, 0.05) is 19.0 Å². The van der Waals surface area contributed by atoms with Gasteiger partial charge in [-0.25, -0.2) is 13.6 Å². The van der Waals surface area contributed by atoms with Crippen molar-refractivity contribution in [1.29, 1.82) is 0 Å². The molecule has 0 bridgehead atoms. The highest BCUT2D eigenvalue weighted by Crippen LogP contribution is 2.27. The summed E-state index contributed by atoms with van der Waals surface area (Å²) in [6.45, 7) is 0.591. The van der Waals surface area contributed by atoms with Crippen LogP contribution in [0.5, 0.6) is 0 Å². The van der Waals surface area contributed by atoms with Gasteiger partial charge in [-0.15, -0.1) is 0 Å². The number of Topliss-reactive ketones (excluding diaryl/α,β-unsaturated/α-hetero) is 1. The smallest absolute Gasteiger partial charge is 0.332 e. The maximum atomic E-state index is 13.8. The average molecular weight is 367 g/mol. The summed E-state index contributed by atoms with van der Waals surface area (Å²) >= 11 is 0. The fraction of sp³-hybridized carbons (Fsp3) is 0.500. The molecule has 2 fully saturated rings. The largest absolute Gasteiger partial charge is 0.479 e. The van der Waals surface area contributed by atoms with E-state index in [-0.39, 0.29) is 11.5 Å². The van der Waals surface area contributed by atoms with Crippen molar-refractivity contribution in [3.63, 3.8) is 0 Å². The fourth-order valence-electron chi connectivity index (χ4n) is 3.47. The van der Waals surface area contributed by atoms with E-state index in [1.54, 1.807) is 4.90 Å². The lowest BCUT2D eigenvalue weighted by molar-refractivity contribution is -0.155. The van der Waals surface area contributed by atoms with Crippen LogP contribution < -0.4 is 0 Å². The number of carbonyl (C=O) groups is 3. The second-order valence-electron chi connectivity index (χ2n) is 6.62. The minimum Gasteiger partial charge on any atom is -0.479 e. The van der Waals surface area contributed by atoms with Gasteiger partial charge in [0.05, 0.1) is 5.56 Å². The van der Waals surface area contributed by atoms with Crippen LogP contribution in [0.2, 0.25) is 0 Å². The summed E-state index contributed by atoms with van der Waals surface area (Å²) in [7, 11) is 0. The molecule has 0 aliphatic carbocycles. The van der Waals surface area contributed by atoms with Gasteiger partial charge in [-0.1, -0.05) is 0 Å². The number of ether oxygens (including phenoxy) is 1. The second-order valence-corrected chi connectivity index (χ2v) is 6.62. The van der Waals surface area contributed by atoms with Crippen molar-refractivity contribution in [1.82, 2.24) is 4.90 Å². The molecular formula is C18H19F2NO5. The predicted molar refractivity (Wildman–Crippen MR) is 85.5 cm³/mol. The molecule has 3 rings (SSSR count). The van der Waals surface area contributed by atoms with Crippen molar-refractivity contribution >= 4 is 17.7 Å². The van der Waals surface area contributed by atoms with Crippen LogP contribution in [-0.2, 0) is 14.3 Å². The number of ketones is 1. The number of carbonyl (C=O) groups excluding carboxylic acids is 2.